The Bertz CT molecular complexity index is 1160. The predicted octanol–water partition coefficient (Wildman–Crippen LogP) is 4.09. The van der Waals surface area contributed by atoms with Gasteiger partial charge in [-0.3, -0.25) is 13.8 Å². The SMILES string of the molecule is CC(=O)N1CCN(C(=O)CS(=O)Cc2ccc(Oc3ccccc3-c3ccccc3)cc2)CC1. The number of benzene rings is 3. The Morgan fingerprint density at radius 2 is 1.44 bits per heavy atom. The van der Waals surface area contributed by atoms with Crippen LogP contribution in [0.1, 0.15) is 12.5 Å². The average molecular weight is 477 g/mol. The Kier molecular flexibility index (Phi) is 7.75. The van der Waals surface area contributed by atoms with E-state index in [2.05, 4.69) is 0 Å². The first kappa shape index (κ1) is 23.7. The third-order valence-electron chi connectivity index (χ3n) is 5.81. The van der Waals surface area contributed by atoms with Crippen molar-refractivity contribution in [3.8, 4) is 22.6 Å². The van der Waals surface area contributed by atoms with Crippen molar-refractivity contribution in [1.29, 1.82) is 0 Å². The molecule has 0 spiro atoms. The van der Waals surface area contributed by atoms with E-state index in [0.717, 1.165) is 22.4 Å². The van der Waals surface area contributed by atoms with Crippen molar-refractivity contribution in [2.75, 3.05) is 31.9 Å². The van der Waals surface area contributed by atoms with Gasteiger partial charge in [0.05, 0.1) is 0 Å². The normalized spacial score (nSPS) is 14.5. The van der Waals surface area contributed by atoms with Crippen LogP contribution in [0.25, 0.3) is 11.1 Å². The molecule has 2 amide bonds. The number of piperazine rings is 1. The van der Waals surface area contributed by atoms with Gasteiger partial charge in [-0.15, -0.1) is 0 Å². The number of ether oxygens (including phenoxy) is 1. The summed E-state index contributed by atoms with van der Waals surface area (Å²) in [5.41, 5.74) is 2.98. The summed E-state index contributed by atoms with van der Waals surface area (Å²) in [6.45, 7) is 3.58. The van der Waals surface area contributed by atoms with Crippen LogP contribution in [0.2, 0.25) is 0 Å². The number of para-hydroxylation sites is 1. The monoisotopic (exact) mass is 476 g/mol. The maximum absolute atomic E-state index is 12.6. The summed E-state index contributed by atoms with van der Waals surface area (Å²) in [6, 6.07) is 25.4. The van der Waals surface area contributed by atoms with Crippen molar-refractivity contribution in [1.82, 2.24) is 9.80 Å². The molecule has 3 aromatic rings. The Hall–Kier alpha value is -3.45. The summed E-state index contributed by atoms with van der Waals surface area (Å²) < 4.78 is 18.7. The molecule has 1 aliphatic rings. The van der Waals surface area contributed by atoms with E-state index >= 15 is 0 Å². The van der Waals surface area contributed by atoms with E-state index in [1.807, 2.05) is 78.9 Å². The number of carbonyl (C=O) groups excluding carboxylic acids is 2. The predicted molar refractivity (Wildman–Crippen MR) is 134 cm³/mol. The lowest BCUT2D eigenvalue weighted by atomic mass is 10.0. The molecule has 0 aliphatic carbocycles. The standard InChI is InChI=1S/C27H28N2O4S/c1-21(30)28-15-17-29(18-16-28)27(31)20-34(32)19-22-11-13-24(14-12-22)33-26-10-6-5-9-25(26)23-7-3-2-4-8-23/h2-14H,15-20H2,1H3. The Labute approximate surface area is 202 Å². The summed E-state index contributed by atoms with van der Waals surface area (Å²) in [5.74, 6) is 1.64. The average Bonchev–Trinajstić information content (AvgIpc) is 2.86. The van der Waals surface area contributed by atoms with Crippen LogP contribution in [-0.4, -0.2) is 57.8 Å². The molecule has 0 aromatic heterocycles. The fraction of sp³-hybridized carbons (Fsp3) is 0.259. The number of rotatable bonds is 7. The molecule has 1 saturated heterocycles. The molecule has 6 nitrogen and oxygen atoms in total. The van der Waals surface area contributed by atoms with Crippen LogP contribution in [0.15, 0.2) is 78.9 Å². The maximum atomic E-state index is 12.6. The van der Waals surface area contributed by atoms with Gasteiger partial charge in [-0.25, -0.2) is 0 Å². The molecule has 34 heavy (non-hydrogen) atoms. The van der Waals surface area contributed by atoms with Gasteiger partial charge in [0.25, 0.3) is 0 Å². The fourth-order valence-electron chi connectivity index (χ4n) is 3.93. The molecule has 0 N–H and O–H groups in total. The first-order valence-corrected chi connectivity index (χ1v) is 12.8. The molecular formula is C27H28N2O4S. The largest absolute Gasteiger partial charge is 0.457 e. The van der Waals surface area contributed by atoms with Gasteiger partial charge in [-0.05, 0) is 29.3 Å². The van der Waals surface area contributed by atoms with Gasteiger partial charge in [0.15, 0.2) is 0 Å². The summed E-state index contributed by atoms with van der Waals surface area (Å²) in [7, 11) is -1.31. The van der Waals surface area contributed by atoms with Crippen molar-refractivity contribution >= 4 is 22.6 Å². The molecule has 1 aliphatic heterocycles. The highest BCUT2D eigenvalue weighted by Crippen LogP contribution is 2.33. The van der Waals surface area contributed by atoms with E-state index in [9.17, 15) is 13.8 Å². The van der Waals surface area contributed by atoms with Crippen molar-refractivity contribution in [3.63, 3.8) is 0 Å². The van der Waals surface area contributed by atoms with Crippen molar-refractivity contribution in [3.05, 3.63) is 84.4 Å². The number of hydrogen-bond donors (Lipinski definition) is 0. The third-order valence-corrected chi connectivity index (χ3v) is 7.04. The molecule has 3 aromatic carbocycles. The topological polar surface area (TPSA) is 66.9 Å². The highest BCUT2D eigenvalue weighted by atomic mass is 32.2. The van der Waals surface area contributed by atoms with Gasteiger partial charge < -0.3 is 14.5 Å². The summed E-state index contributed by atoms with van der Waals surface area (Å²) in [6.07, 6.45) is 0. The highest BCUT2D eigenvalue weighted by molar-refractivity contribution is 7.84. The number of hydrogen-bond acceptors (Lipinski definition) is 4. The van der Waals surface area contributed by atoms with Crippen molar-refractivity contribution < 1.29 is 18.5 Å². The van der Waals surface area contributed by atoms with Gasteiger partial charge in [0, 0.05) is 55.2 Å². The minimum Gasteiger partial charge on any atom is -0.457 e. The van der Waals surface area contributed by atoms with Crippen LogP contribution >= 0.6 is 0 Å². The summed E-state index contributed by atoms with van der Waals surface area (Å²) >= 11 is 0. The second-order valence-electron chi connectivity index (χ2n) is 8.22. The van der Waals surface area contributed by atoms with Crippen molar-refractivity contribution in [2.24, 2.45) is 0 Å². The molecule has 0 bridgehead atoms. The minimum atomic E-state index is -1.31. The van der Waals surface area contributed by atoms with Gasteiger partial charge in [-0.1, -0.05) is 60.7 Å². The third kappa shape index (κ3) is 6.11. The lowest BCUT2D eigenvalue weighted by Gasteiger charge is -2.34. The van der Waals surface area contributed by atoms with Crippen LogP contribution in [0, 0.1) is 0 Å². The molecule has 1 fully saturated rings. The Morgan fingerprint density at radius 1 is 0.824 bits per heavy atom. The Balaban J connectivity index is 1.32. The van der Waals surface area contributed by atoms with Crippen LogP contribution in [0.3, 0.4) is 0 Å². The van der Waals surface area contributed by atoms with E-state index in [1.165, 1.54) is 6.92 Å². The lowest BCUT2D eigenvalue weighted by molar-refractivity contribution is -0.136. The van der Waals surface area contributed by atoms with E-state index in [-0.39, 0.29) is 17.6 Å². The van der Waals surface area contributed by atoms with Gasteiger partial charge >= 0.3 is 0 Å². The highest BCUT2D eigenvalue weighted by Gasteiger charge is 2.23. The number of carbonyl (C=O) groups is 2. The van der Waals surface area contributed by atoms with E-state index in [0.29, 0.717) is 37.7 Å². The van der Waals surface area contributed by atoms with Crippen LogP contribution in [-0.2, 0) is 26.1 Å². The molecule has 0 saturated carbocycles. The lowest BCUT2D eigenvalue weighted by Crippen LogP contribution is -2.51. The number of nitrogens with zero attached hydrogens (tertiary/aromatic N) is 2. The first-order chi connectivity index (χ1) is 16.5. The molecule has 1 heterocycles. The number of amides is 2. The molecule has 1 atom stereocenters. The minimum absolute atomic E-state index is 0.0111. The maximum Gasteiger partial charge on any atom is 0.235 e. The molecule has 1 unspecified atom stereocenters. The zero-order valence-corrected chi connectivity index (χ0v) is 20.0. The van der Waals surface area contributed by atoms with E-state index < -0.39 is 10.8 Å². The first-order valence-electron chi connectivity index (χ1n) is 11.3. The fourth-order valence-corrected chi connectivity index (χ4v) is 5.05. The zero-order chi connectivity index (χ0) is 23.9. The van der Waals surface area contributed by atoms with Crippen LogP contribution in [0.4, 0.5) is 0 Å². The van der Waals surface area contributed by atoms with E-state index in [4.69, 9.17) is 4.74 Å². The quantitative estimate of drug-likeness (QED) is 0.515. The second kappa shape index (κ2) is 11.1. The zero-order valence-electron chi connectivity index (χ0n) is 19.2. The molecule has 176 valence electrons. The van der Waals surface area contributed by atoms with Gasteiger partial charge in [0.2, 0.25) is 11.8 Å². The molecular weight excluding hydrogens is 448 g/mol. The molecule has 7 heteroatoms. The Morgan fingerprint density at radius 3 is 2.12 bits per heavy atom. The second-order valence-corrected chi connectivity index (χ2v) is 9.68. The van der Waals surface area contributed by atoms with E-state index in [1.54, 1.807) is 9.80 Å². The molecule has 4 rings (SSSR count). The van der Waals surface area contributed by atoms with Gasteiger partial charge in [-0.2, -0.15) is 0 Å². The van der Waals surface area contributed by atoms with Crippen LogP contribution < -0.4 is 4.74 Å². The van der Waals surface area contributed by atoms with Crippen LogP contribution in [0.5, 0.6) is 11.5 Å². The summed E-state index contributed by atoms with van der Waals surface area (Å²) in [4.78, 5) is 27.3. The molecule has 0 radical (unpaired) electrons. The summed E-state index contributed by atoms with van der Waals surface area (Å²) in [5, 5.41) is 0. The smallest absolute Gasteiger partial charge is 0.235 e. The van der Waals surface area contributed by atoms with Crippen molar-refractivity contribution in [2.45, 2.75) is 12.7 Å². The van der Waals surface area contributed by atoms with Gasteiger partial charge in [0.1, 0.15) is 17.3 Å².